The Bertz CT molecular complexity index is 389. The van der Waals surface area contributed by atoms with E-state index in [9.17, 15) is 9.18 Å². The second kappa shape index (κ2) is 4.31. The molecule has 1 unspecified atom stereocenters. The van der Waals surface area contributed by atoms with Gasteiger partial charge in [0.2, 0.25) is 0 Å². The zero-order valence-electron chi connectivity index (χ0n) is 8.30. The molecule has 1 aromatic carbocycles. The molecule has 1 aliphatic carbocycles. The number of rotatable bonds is 2. The zero-order valence-corrected chi connectivity index (χ0v) is 9.06. The molecule has 0 radical (unpaired) electrons. The number of carbonyl (C=O) groups excluding carboxylic acids is 1. The summed E-state index contributed by atoms with van der Waals surface area (Å²) in [6.45, 7) is 0. The van der Waals surface area contributed by atoms with Crippen molar-refractivity contribution in [2.45, 2.75) is 25.7 Å². The fraction of sp³-hybridized carbons (Fsp3) is 0.417. The number of ketones is 1. The van der Waals surface area contributed by atoms with Crippen LogP contribution in [0.1, 0.15) is 24.8 Å². The molecule has 1 nitrogen and oxygen atoms in total. The number of halogens is 2. The molecule has 0 aromatic heterocycles. The summed E-state index contributed by atoms with van der Waals surface area (Å²) >= 11 is 5.94. The molecule has 0 N–H and O–H groups in total. The number of hydrogen-bond donors (Lipinski definition) is 0. The number of hydrogen-bond acceptors (Lipinski definition) is 1. The minimum Gasteiger partial charge on any atom is -0.299 e. The molecule has 0 spiro atoms. The third-order valence-corrected chi connectivity index (χ3v) is 3.27. The summed E-state index contributed by atoms with van der Waals surface area (Å²) in [4.78, 5) is 11.4. The standard InChI is InChI=1S/C12H12ClFO/c13-11-5-4-10(14)7-9(11)6-8-2-1-3-12(8)15/h4-5,7-8H,1-3,6H2. The molecule has 1 aromatic rings. The van der Waals surface area contributed by atoms with Gasteiger partial charge in [0.1, 0.15) is 11.6 Å². The van der Waals surface area contributed by atoms with E-state index in [4.69, 9.17) is 11.6 Å². The molecule has 2 rings (SSSR count). The Morgan fingerprint density at radius 1 is 1.47 bits per heavy atom. The molecular weight excluding hydrogens is 215 g/mol. The van der Waals surface area contributed by atoms with E-state index >= 15 is 0 Å². The van der Waals surface area contributed by atoms with Crippen molar-refractivity contribution in [2.75, 3.05) is 0 Å². The van der Waals surface area contributed by atoms with Crippen molar-refractivity contribution in [1.29, 1.82) is 0 Å². The lowest BCUT2D eigenvalue weighted by Crippen LogP contribution is -2.09. The number of benzene rings is 1. The lowest BCUT2D eigenvalue weighted by molar-refractivity contribution is -0.120. The molecule has 0 aliphatic heterocycles. The van der Waals surface area contributed by atoms with Crippen LogP contribution >= 0.6 is 11.6 Å². The molecule has 15 heavy (non-hydrogen) atoms. The van der Waals surface area contributed by atoms with Gasteiger partial charge in [-0.1, -0.05) is 11.6 Å². The molecule has 0 bridgehead atoms. The number of Topliss-reactive ketones (excluding diaryl/α,β-unsaturated/α-hetero) is 1. The number of carbonyl (C=O) groups is 1. The van der Waals surface area contributed by atoms with Crippen LogP contribution in [0.5, 0.6) is 0 Å². The molecule has 0 saturated heterocycles. The minimum absolute atomic E-state index is 0.0456. The Morgan fingerprint density at radius 3 is 2.93 bits per heavy atom. The third kappa shape index (κ3) is 2.37. The van der Waals surface area contributed by atoms with Gasteiger partial charge in [-0.25, -0.2) is 4.39 Å². The van der Waals surface area contributed by atoms with Crippen molar-refractivity contribution < 1.29 is 9.18 Å². The van der Waals surface area contributed by atoms with Crippen LogP contribution in [0.4, 0.5) is 4.39 Å². The van der Waals surface area contributed by atoms with Crippen LogP contribution in [0.3, 0.4) is 0 Å². The van der Waals surface area contributed by atoms with E-state index in [1.807, 2.05) is 0 Å². The van der Waals surface area contributed by atoms with Crippen molar-refractivity contribution >= 4 is 17.4 Å². The molecule has 3 heteroatoms. The van der Waals surface area contributed by atoms with E-state index in [0.717, 1.165) is 18.4 Å². The zero-order chi connectivity index (χ0) is 10.8. The monoisotopic (exact) mass is 226 g/mol. The first-order valence-electron chi connectivity index (χ1n) is 5.13. The smallest absolute Gasteiger partial charge is 0.136 e. The second-order valence-electron chi connectivity index (χ2n) is 4.00. The highest BCUT2D eigenvalue weighted by atomic mass is 35.5. The molecule has 1 fully saturated rings. The minimum atomic E-state index is -0.292. The van der Waals surface area contributed by atoms with Crippen LogP contribution in [0.2, 0.25) is 5.02 Å². The predicted molar refractivity (Wildman–Crippen MR) is 57.5 cm³/mol. The first-order valence-corrected chi connectivity index (χ1v) is 5.51. The highest BCUT2D eigenvalue weighted by Gasteiger charge is 2.25. The average Bonchev–Trinajstić information content (AvgIpc) is 2.58. The van der Waals surface area contributed by atoms with Gasteiger partial charge in [-0.15, -0.1) is 0 Å². The van der Waals surface area contributed by atoms with E-state index in [-0.39, 0.29) is 17.5 Å². The molecule has 0 amide bonds. The molecule has 80 valence electrons. The van der Waals surface area contributed by atoms with Crippen LogP contribution < -0.4 is 0 Å². The maximum absolute atomic E-state index is 13.0. The fourth-order valence-corrected chi connectivity index (χ4v) is 2.26. The summed E-state index contributed by atoms with van der Waals surface area (Å²) in [5, 5.41) is 0.552. The van der Waals surface area contributed by atoms with Crippen molar-refractivity contribution in [3.63, 3.8) is 0 Å². The van der Waals surface area contributed by atoms with Gasteiger partial charge in [0.15, 0.2) is 0 Å². The maximum Gasteiger partial charge on any atom is 0.136 e. The van der Waals surface area contributed by atoms with Gasteiger partial charge < -0.3 is 0 Å². The van der Waals surface area contributed by atoms with E-state index in [1.165, 1.54) is 12.1 Å². The first-order chi connectivity index (χ1) is 7.16. The molecule has 1 aliphatic rings. The van der Waals surface area contributed by atoms with E-state index < -0.39 is 0 Å². The van der Waals surface area contributed by atoms with Crippen LogP contribution in [0.15, 0.2) is 18.2 Å². The van der Waals surface area contributed by atoms with E-state index in [0.29, 0.717) is 17.9 Å². The van der Waals surface area contributed by atoms with E-state index in [1.54, 1.807) is 6.07 Å². The summed E-state index contributed by atoms with van der Waals surface area (Å²) in [5.74, 6) is 0.0412. The summed E-state index contributed by atoms with van der Waals surface area (Å²) in [5.41, 5.74) is 0.747. The van der Waals surface area contributed by atoms with Crippen molar-refractivity contribution in [2.24, 2.45) is 5.92 Å². The average molecular weight is 227 g/mol. The summed E-state index contributed by atoms with van der Waals surface area (Å²) in [6.07, 6.45) is 3.11. The Kier molecular flexibility index (Phi) is 3.06. The van der Waals surface area contributed by atoms with Crippen molar-refractivity contribution in [3.05, 3.63) is 34.6 Å². The topological polar surface area (TPSA) is 17.1 Å². The predicted octanol–water partition coefficient (Wildman–Crippen LogP) is 3.39. The highest BCUT2D eigenvalue weighted by Crippen LogP contribution is 2.28. The van der Waals surface area contributed by atoms with Crippen LogP contribution in [0.25, 0.3) is 0 Å². The first kappa shape index (κ1) is 10.6. The third-order valence-electron chi connectivity index (χ3n) is 2.91. The van der Waals surface area contributed by atoms with Crippen molar-refractivity contribution in [3.8, 4) is 0 Å². The van der Waals surface area contributed by atoms with Gasteiger partial charge in [0.05, 0.1) is 0 Å². The Balaban J connectivity index is 2.16. The second-order valence-corrected chi connectivity index (χ2v) is 4.40. The van der Waals surface area contributed by atoms with Gasteiger partial charge in [-0.3, -0.25) is 4.79 Å². The van der Waals surface area contributed by atoms with Gasteiger partial charge in [-0.05, 0) is 43.0 Å². The SMILES string of the molecule is O=C1CCCC1Cc1cc(F)ccc1Cl. The van der Waals surface area contributed by atoms with Crippen LogP contribution in [-0.4, -0.2) is 5.78 Å². The largest absolute Gasteiger partial charge is 0.299 e. The Labute approximate surface area is 93.2 Å². The molecule has 0 heterocycles. The lowest BCUT2D eigenvalue weighted by Gasteiger charge is -2.09. The Hall–Kier alpha value is -0.890. The molecule has 1 atom stereocenters. The van der Waals surface area contributed by atoms with Gasteiger partial charge >= 0.3 is 0 Å². The fourth-order valence-electron chi connectivity index (χ4n) is 2.07. The van der Waals surface area contributed by atoms with Crippen molar-refractivity contribution in [1.82, 2.24) is 0 Å². The normalized spacial score (nSPS) is 20.9. The van der Waals surface area contributed by atoms with Crippen LogP contribution in [0, 0.1) is 11.7 Å². The maximum atomic E-state index is 13.0. The summed E-state index contributed by atoms with van der Waals surface area (Å²) in [7, 11) is 0. The summed E-state index contributed by atoms with van der Waals surface area (Å²) in [6, 6.07) is 4.31. The van der Waals surface area contributed by atoms with Gasteiger partial charge in [-0.2, -0.15) is 0 Å². The molecular formula is C12H12ClFO. The Morgan fingerprint density at radius 2 is 2.27 bits per heavy atom. The molecule has 1 saturated carbocycles. The van der Waals surface area contributed by atoms with Crippen LogP contribution in [-0.2, 0) is 11.2 Å². The summed E-state index contributed by atoms with van der Waals surface area (Å²) < 4.78 is 13.0. The van der Waals surface area contributed by atoms with E-state index in [2.05, 4.69) is 0 Å². The lowest BCUT2D eigenvalue weighted by atomic mass is 9.97. The van der Waals surface area contributed by atoms with Gasteiger partial charge in [0, 0.05) is 17.4 Å². The quantitative estimate of drug-likeness (QED) is 0.756. The van der Waals surface area contributed by atoms with Gasteiger partial charge in [0.25, 0.3) is 0 Å². The highest BCUT2D eigenvalue weighted by molar-refractivity contribution is 6.31.